The lowest BCUT2D eigenvalue weighted by molar-refractivity contribution is 0.586. The maximum atomic E-state index is 11.4. The summed E-state index contributed by atoms with van der Waals surface area (Å²) in [7, 11) is -2.73. The highest BCUT2D eigenvalue weighted by molar-refractivity contribution is 8.03. The third kappa shape index (κ3) is 18.2. The molecule has 0 saturated heterocycles. The van der Waals surface area contributed by atoms with E-state index in [2.05, 4.69) is 13.8 Å². The van der Waals surface area contributed by atoms with Crippen molar-refractivity contribution in [3.05, 3.63) is 0 Å². The largest absolute Gasteiger partial charge is 0.229 e. The second kappa shape index (κ2) is 14.8. The molecule has 0 aliphatic carbocycles. The van der Waals surface area contributed by atoms with Crippen LogP contribution in [0.2, 0.25) is 0 Å². The van der Waals surface area contributed by atoms with Crippen molar-refractivity contribution in [2.24, 2.45) is 0 Å². The Kier molecular flexibility index (Phi) is 16.6. The van der Waals surface area contributed by atoms with Crippen LogP contribution in [0.5, 0.6) is 0 Å². The Balaban J connectivity index is 0. The average Bonchev–Trinajstić information content (AvgIpc) is 2.31. The van der Waals surface area contributed by atoms with Gasteiger partial charge < -0.3 is 0 Å². The normalized spacial score (nSPS) is 10.3. The number of thiocyanates is 1. The van der Waals surface area contributed by atoms with E-state index in [-0.39, 0.29) is 0 Å². The van der Waals surface area contributed by atoms with Crippen molar-refractivity contribution in [2.45, 2.75) is 59.3 Å². The van der Waals surface area contributed by atoms with Gasteiger partial charge in [0.15, 0.2) is 0 Å². The number of thioether (sulfide) groups is 1. The zero-order valence-corrected chi connectivity index (χ0v) is 13.6. The highest BCUT2D eigenvalue weighted by atomic mass is 32.2. The third-order valence-corrected chi connectivity index (χ3v) is 4.57. The molecule has 0 aliphatic rings. The van der Waals surface area contributed by atoms with Gasteiger partial charge in [0.05, 0.1) is 11.5 Å². The minimum absolute atomic E-state index is 0.393. The van der Waals surface area contributed by atoms with Gasteiger partial charge in [0, 0.05) is 5.75 Å². The van der Waals surface area contributed by atoms with Crippen LogP contribution in [0.4, 0.5) is 0 Å². The number of hydrogen-bond donors (Lipinski definition) is 0. The van der Waals surface area contributed by atoms with E-state index in [4.69, 9.17) is 5.26 Å². The summed E-state index contributed by atoms with van der Waals surface area (Å²) in [4.78, 5) is 0. The molecule has 0 spiro atoms. The Labute approximate surface area is 117 Å². The van der Waals surface area contributed by atoms with Gasteiger partial charge in [-0.05, 0) is 24.6 Å². The van der Waals surface area contributed by atoms with Crippen LogP contribution < -0.4 is 0 Å². The molecule has 0 saturated carbocycles. The van der Waals surface area contributed by atoms with E-state index >= 15 is 0 Å². The number of rotatable bonds is 9. The minimum Gasteiger partial charge on any atom is -0.229 e. The lowest BCUT2D eigenvalue weighted by atomic mass is 10.3. The van der Waals surface area contributed by atoms with Gasteiger partial charge in [-0.3, -0.25) is 0 Å². The molecule has 0 atom stereocenters. The fourth-order valence-corrected chi connectivity index (χ4v) is 2.93. The molecule has 0 heterocycles. The first-order valence-corrected chi connectivity index (χ1v) is 9.56. The van der Waals surface area contributed by atoms with E-state index in [1.54, 1.807) is 0 Å². The molecule has 18 heavy (non-hydrogen) atoms. The molecule has 108 valence electrons. The number of sulfone groups is 1. The molecule has 0 bridgehead atoms. The Morgan fingerprint density at radius 2 is 1.39 bits per heavy atom. The molecule has 5 heteroatoms. The topological polar surface area (TPSA) is 57.9 Å². The fourth-order valence-electron chi connectivity index (χ4n) is 1.31. The predicted molar refractivity (Wildman–Crippen MR) is 81.4 cm³/mol. The van der Waals surface area contributed by atoms with Crippen molar-refractivity contribution in [3.63, 3.8) is 0 Å². The zero-order chi connectivity index (χ0) is 14.3. The first-order valence-electron chi connectivity index (χ1n) is 6.75. The molecule has 0 aromatic rings. The van der Waals surface area contributed by atoms with Crippen molar-refractivity contribution < 1.29 is 8.42 Å². The van der Waals surface area contributed by atoms with Crippen LogP contribution in [0.25, 0.3) is 0 Å². The third-order valence-electron chi connectivity index (χ3n) is 2.33. The smallest absolute Gasteiger partial charge is 0.150 e. The van der Waals surface area contributed by atoms with E-state index in [9.17, 15) is 8.42 Å². The Hall–Kier alpha value is -0.210. The summed E-state index contributed by atoms with van der Waals surface area (Å²) >= 11 is 1.27. The molecule has 0 fully saturated rings. The summed E-state index contributed by atoms with van der Waals surface area (Å²) in [5.74, 6) is 1.69. The van der Waals surface area contributed by atoms with Crippen LogP contribution in [-0.4, -0.2) is 25.7 Å². The van der Waals surface area contributed by atoms with Gasteiger partial charge in [-0.25, -0.2) is 8.42 Å². The molecular weight excluding hydrogens is 266 g/mol. The van der Waals surface area contributed by atoms with Crippen LogP contribution >= 0.6 is 11.8 Å². The molecule has 0 amide bonds. The minimum atomic E-state index is -2.73. The Morgan fingerprint density at radius 3 is 1.61 bits per heavy atom. The van der Waals surface area contributed by atoms with E-state index in [0.717, 1.165) is 44.3 Å². The standard InChI is InChI=1S/C10H22O2S.C3H5NS/c1-3-5-7-9-13(11,12)10-8-6-4-2;1-2-5-3-4/h3-10H2,1-2H3;2H2,1H3. The van der Waals surface area contributed by atoms with Gasteiger partial charge >= 0.3 is 0 Å². The van der Waals surface area contributed by atoms with Crippen molar-refractivity contribution in [3.8, 4) is 5.40 Å². The summed E-state index contributed by atoms with van der Waals surface area (Å²) in [5.41, 5.74) is 0. The van der Waals surface area contributed by atoms with Crippen LogP contribution in [0.1, 0.15) is 59.3 Å². The summed E-state index contributed by atoms with van der Waals surface area (Å²) in [5, 5.41) is 9.71. The number of unbranched alkanes of at least 4 members (excludes halogenated alkanes) is 4. The van der Waals surface area contributed by atoms with E-state index in [0.29, 0.717) is 11.5 Å². The highest BCUT2D eigenvalue weighted by Crippen LogP contribution is 2.04. The first kappa shape index (κ1) is 20.1. The fraction of sp³-hybridized carbons (Fsp3) is 0.923. The monoisotopic (exact) mass is 293 g/mol. The number of hydrogen-bond acceptors (Lipinski definition) is 4. The number of nitriles is 1. The molecule has 0 unspecified atom stereocenters. The molecule has 3 nitrogen and oxygen atoms in total. The van der Waals surface area contributed by atoms with Gasteiger partial charge in [0.2, 0.25) is 0 Å². The Morgan fingerprint density at radius 1 is 0.944 bits per heavy atom. The highest BCUT2D eigenvalue weighted by Gasteiger charge is 2.08. The maximum absolute atomic E-state index is 11.4. The van der Waals surface area contributed by atoms with Crippen molar-refractivity contribution in [1.29, 1.82) is 5.26 Å². The second-order valence-corrected chi connectivity index (χ2v) is 7.44. The van der Waals surface area contributed by atoms with Crippen molar-refractivity contribution in [2.75, 3.05) is 17.3 Å². The molecule has 0 aromatic carbocycles. The molecule has 0 radical (unpaired) electrons. The van der Waals surface area contributed by atoms with Crippen LogP contribution in [0, 0.1) is 10.7 Å². The van der Waals surface area contributed by atoms with Gasteiger partial charge in [0.1, 0.15) is 15.2 Å². The van der Waals surface area contributed by atoms with Crippen LogP contribution in [0.3, 0.4) is 0 Å². The van der Waals surface area contributed by atoms with Crippen LogP contribution in [0.15, 0.2) is 0 Å². The van der Waals surface area contributed by atoms with Crippen LogP contribution in [-0.2, 0) is 9.84 Å². The lowest BCUT2D eigenvalue weighted by Crippen LogP contribution is -2.10. The molecule has 0 N–H and O–H groups in total. The number of nitrogens with zero attached hydrogens (tertiary/aromatic N) is 1. The van der Waals surface area contributed by atoms with Gasteiger partial charge in [-0.1, -0.05) is 46.5 Å². The summed E-state index contributed by atoms with van der Waals surface area (Å²) in [6.45, 7) is 6.13. The quantitative estimate of drug-likeness (QED) is 0.476. The van der Waals surface area contributed by atoms with Gasteiger partial charge in [-0.2, -0.15) is 5.26 Å². The molecule has 0 aromatic heterocycles. The molecular formula is C13H27NO2S2. The van der Waals surface area contributed by atoms with Gasteiger partial charge in [0.25, 0.3) is 0 Å². The molecule has 0 rings (SSSR count). The maximum Gasteiger partial charge on any atom is 0.150 e. The average molecular weight is 293 g/mol. The predicted octanol–water partition coefficient (Wildman–Crippen LogP) is 4.00. The van der Waals surface area contributed by atoms with Crippen molar-refractivity contribution >= 4 is 21.6 Å². The SMILES string of the molecule is CCCCCS(=O)(=O)CCCCC.CCSC#N. The van der Waals surface area contributed by atoms with E-state index in [1.807, 2.05) is 12.3 Å². The zero-order valence-electron chi connectivity index (χ0n) is 11.9. The Bertz CT molecular complexity index is 279. The van der Waals surface area contributed by atoms with E-state index < -0.39 is 9.84 Å². The van der Waals surface area contributed by atoms with E-state index in [1.165, 1.54) is 11.8 Å². The van der Waals surface area contributed by atoms with Gasteiger partial charge in [-0.15, -0.1) is 0 Å². The summed E-state index contributed by atoms with van der Waals surface area (Å²) < 4.78 is 22.8. The summed E-state index contributed by atoms with van der Waals surface area (Å²) in [6, 6.07) is 0. The summed E-state index contributed by atoms with van der Waals surface area (Å²) in [6.07, 6.45) is 5.92. The molecule has 0 aliphatic heterocycles. The van der Waals surface area contributed by atoms with Crippen molar-refractivity contribution in [1.82, 2.24) is 0 Å². The first-order chi connectivity index (χ1) is 8.54. The second-order valence-electron chi connectivity index (χ2n) is 4.09. The lowest BCUT2D eigenvalue weighted by Gasteiger charge is -2.02.